The van der Waals surface area contributed by atoms with Crippen molar-refractivity contribution < 1.29 is 9.59 Å². The predicted octanol–water partition coefficient (Wildman–Crippen LogP) is 0.697. The molecular weight excluding hydrogens is 244 g/mol. The van der Waals surface area contributed by atoms with E-state index in [9.17, 15) is 9.59 Å². The first-order valence-electron chi connectivity index (χ1n) is 6.03. The van der Waals surface area contributed by atoms with Gasteiger partial charge < -0.3 is 16.4 Å². The van der Waals surface area contributed by atoms with Gasteiger partial charge in [-0.3, -0.25) is 9.59 Å². The number of nitrogens with two attached hydrogens (primary N) is 1. The van der Waals surface area contributed by atoms with Crippen LogP contribution in [0.2, 0.25) is 0 Å². The summed E-state index contributed by atoms with van der Waals surface area (Å²) in [6.07, 6.45) is 1.45. The zero-order chi connectivity index (χ0) is 14.6. The molecule has 0 bridgehead atoms. The second kappa shape index (κ2) is 5.69. The lowest BCUT2D eigenvalue weighted by atomic mass is 10.1. The van der Waals surface area contributed by atoms with Crippen LogP contribution in [0.4, 0.5) is 5.82 Å². The monoisotopic (exact) mass is 264 g/mol. The predicted molar refractivity (Wildman–Crippen MR) is 73.5 cm³/mol. The Morgan fingerprint density at radius 1 is 1.37 bits per heavy atom. The van der Waals surface area contributed by atoms with Crippen LogP contribution in [0.15, 0.2) is 18.3 Å². The lowest BCUT2D eigenvalue weighted by Crippen LogP contribution is -2.50. The van der Waals surface area contributed by atoms with Crippen molar-refractivity contribution in [3.8, 4) is 0 Å². The third-order valence-corrected chi connectivity index (χ3v) is 2.28. The van der Waals surface area contributed by atoms with Crippen LogP contribution in [-0.2, 0) is 4.79 Å². The third-order valence-electron chi connectivity index (χ3n) is 2.28. The maximum atomic E-state index is 11.9. The van der Waals surface area contributed by atoms with Gasteiger partial charge in [0.1, 0.15) is 11.9 Å². The van der Waals surface area contributed by atoms with Crippen molar-refractivity contribution in [2.75, 3.05) is 5.73 Å². The molecule has 0 aliphatic heterocycles. The summed E-state index contributed by atoms with van der Waals surface area (Å²) in [6, 6.07) is 2.38. The fourth-order valence-electron chi connectivity index (χ4n) is 1.41. The summed E-state index contributed by atoms with van der Waals surface area (Å²) in [4.78, 5) is 27.5. The van der Waals surface area contributed by atoms with Gasteiger partial charge in [0.25, 0.3) is 5.91 Å². The Hall–Kier alpha value is -2.11. The number of pyridine rings is 1. The fraction of sp³-hybridized carbons (Fsp3) is 0.462. The number of nitrogens with zero attached hydrogens (tertiary/aromatic N) is 1. The molecule has 1 rings (SSSR count). The summed E-state index contributed by atoms with van der Waals surface area (Å²) >= 11 is 0. The van der Waals surface area contributed by atoms with Crippen LogP contribution >= 0.6 is 0 Å². The number of anilines is 1. The molecule has 4 N–H and O–H groups in total. The maximum absolute atomic E-state index is 11.9. The van der Waals surface area contributed by atoms with Gasteiger partial charge in [0.05, 0.1) is 0 Å². The molecule has 0 aromatic carbocycles. The van der Waals surface area contributed by atoms with E-state index in [2.05, 4.69) is 15.6 Å². The number of nitrogen functional groups attached to an aromatic ring is 1. The molecule has 0 saturated carbocycles. The van der Waals surface area contributed by atoms with Crippen LogP contribution in [0, 0.1) is 0 Å². The molecule has 0 saturated heterocycles. The van der Waals surface area contributed by atoms with Crippen molar-refractivity contribution in [1.82, 2.24) is 15.6 Å². The largest absolute Gasteiger partial charge is 0.384 e. The van der Waals surface area contributed by atoms with Gasteiger partial charge >= 0.3 is 0 Å². The Balaban J connectivity index is 2.64. The summed E-state index contributed by atoms with van der Waals surface area (Å²) in [6.45, 7) is 7.26. The van der Waals surface area contributed by atoms with E-state index >= 15 is 0 Å². The molecule has 6 nitrogen and oxygen atoms in total. The summed E-state index contributed by atoms with van der Waals surface area (Å²) in [5.41, 5.74) is 5.54. The van der Waals surface area contributed by atoms with E-state index in [-0.39, 0.29) is 23.2 Å². The van der Waals surface area contributed by atoms with E-state index in [0.29, 0.717) is 5.56 Å². The highest BCUT2D eigenvalue weighted by molar-refractivity contribution is 5.97. The zero-order valence-electron chi connectivity index (χ0n) is 11.7. The van der Waals surface area contributed by atoms with Crippen LogP contribution in [0.3, 0.4) is 0 Å². The molecule has 0 aliphatic rings. The quantitative estimate of drug-likeness (QED) is 0.748. The number of hydrogen-bond donors (Lipinski definition) is 3. The van der Waals surface area contributed by atoms with E-state index in [1.807, 2.05) is 20.8 Å². The summed E-state index contributed by atoms with van der Waals surface area (Å²) < 4.78 is 0. The van der Waals surface area contributed by atoms with E-state index in [0.717, 1.165) is 0 Å². The highest BCUT2D eigenvalue weighted by Gasteiger charge is 2.21. The minimum absolute atomic E-state index is 0.233. The van der Waals surface area contributed by atoms with Crippen molar-refractivity contribution in [2.45, 2.75) is 39.3 Å². The Morgan fingerprint density at radius 3 is 2.53 bits per heavy atom. The average Bonchev–Trinajstić information content (AvgIpc) is 2.26. The molecule has 19 heavy (non-hydrogen) atoms. The van der Waals surface area contributed by atoms with Gasteiger partial charge in [-0.05, 0) is 39.8 Å². The molecule has 1 heterocycles. The number of nitrogens with one attached hydrogen (secondary N) is 2. The second-order valence-corrected chi connectivity index (χ2v) is 5.40. The molecule has 0 aliphatic carbocycles. The van der Waals surface area contributed by atoms with Crippen molar-refractivity contribution >= 4 is 17.6 Å². The van der Waals surface area contributed by atoms with E-state index < -0.39 is 6.04 Å². The van der Waals surface area contributed by atoms with Crippen molar-refractivity contribution in [1.29, 1.82) is 0 Å². The SMILES string of the molecule is CC(NC(=O)c1ccnc(N)c1)C(=O)NC(C)(C)C. The molecule has 104 valence electrons. The van der Waals surface area contributed by atoms with Gasteiger partial charge in [0.2, 0.25) is 5.91 Å². The van der Waals surface area contributed by atoms with Crippen LogP contribution in [0.1, 0.15) is 38.1 Å². The van der Waals surface area contributed by atoms with Gasteiger partial charge in [-0.25, -0.2) is 4.98 Å². The van der Waals surface area contributed by atoms with Crippen molar-refractivity contribution in [3.05, 3.63) is 23.9 Å². The fourth-order valence-corrected chi connectivity index (χ4v) is 1.41. The zero-order valence-corrected chi connectivity index (χ0v) is 11.7. The van der Waals surface area contributed by atoms with E-state index in [1.165, 1.54) is 12.3 Å². The Bertz CT molecular complexity index is 480. The standard InChI is InChI=1S/C13H20N4O2/c1-8(11(18)17-13(2,3)4)16-12(19)9-5-6-15-10(14)7-9/h5-8H,1-4H3,(H2,14,15)(H,16,19)(H,17,18). The van der Waals surface area contributed by atoms with Crippen LogP contribution in [-0.4, -0.2) is 28.4 Å². The number of rotatable bonds is 3. The van der Waals surface area contributed by atoms with Gasteiger partial charge in [0.15, 0.2) is 0 Å². The van der Waals surface area contributed by atoms with Crippen LogP contribution in [0.5, 0.6) is 0 Å². The summed E-state index contributed by atoms with van der Waals surface area (Å²) in [5.74, 6) is -0.326. The molecule has 0 spiro atoms. The number of aromatic nitrogens is 1. The molecular formula is C13H20N4O2. The lowest BCUT2D eigenvalue weighted by Gasteiger charge is -2.23. The summed E-state index contributed by atoms with van der Waals surface area (Å²) in [5, 5.41) is 5.41. The molecule has 1 atom stereocenters. The first-order valence-corrected chi connectivity index (χ1v) is 6.03. The maximum Gasteiger partial charge on any atom is 0.252 e. The molecule has 0 radical (unpaired) electrons. The highest BCUT2D eigenvalue weighted by atomic mass is 16.2. The number of carbonyl (C=O) groups excluding carboxylic acids is 2. The summed E-state index contributed by atoms with van der Waals surface area (Å²) in [7, 11) is 0. The number of amides is 2. The Kier molecular flexibility index (Phi) is 4.47. The Labute approximate surface area is 112 Å². The minimum atomic E-state index is -0.624. The third kappa shape index (κ3) is 4.95. The molecule has 6 heteroatoms. The topological polar surface area (TPSA) is 97.1 Å². The first kappa shape index (κ1) is 14.9. The van der Waals surface area contributed by atoms with Crippen LogP contribution in [0.25, 0.3) is 0 Å². The molecule has 1 aromatic rings. The van der Waals surface area contributed by atoms with Gasteiger partial charge in [-0.1, -0.05) is 0 Å². The lowest BCUT2D eigenvalue weighted by molar-refractivity contribution is -0.124. The second-order valence-electron chi connectivity index (χ2n) is 5.40. The van der Waals surface area contributed by atoms with Gasteiger partial charge in [-0.15, -0.1) is 0 Å². The number of carbonyl (C=O) groups is 2. The number of hydrogen-bond acceptors (Lipinski definition) is 4. The highest BCUT2D eigenvalue weighted by Crippen LogP contribution is 2.04. The van der Waals surface area contributed by atoms with Crippen molar-refractivity contribution in [3.63, 3.8) is 0 Å². The molecule has 0 fully saturated rings. The average molecular weight is 264 g/mol. The molecule has 1 unspecified atom stereocenters. The first-order chi connectivity index (χ1) is 8.69. The van der Waals surface area contributed by atoms with E-state index in [4.69, 9.17) is 5.73 Å². The van der Waals surface area contributed by atoms with E-state index in [1.54, 1.807) is 13.0 Å². The smallest absolute Gasteiger partial charge is 0.252 e. The van der Waals surface area contributed by atoms with Gasteiger partial charge in [0, 0.05) is 17.3 Å². The van der Waals surface area contributed by atoms with Crippen molar-refractivity contribution in [2.24, 2.45) is 0 Å². The minimum Gasteiger partial charge on any atom is -0.384 e. The van der Waals surface area contributed by atoms with Crippen LogP contribution < -0.4 is 16.4 Å². The normalized spacial score (nSPS) is 12.6. The molecule has 1 aromatic heterocycles. The van der Waals surface area contributed by atoms with Gasteiger partial charge in [-0.2, -0.15) is 0 Å². The Morgan fingerprint density at radius 2 is 2.00 bits per heavy atom. The molecule has 2 amide bonds.